The molecule has 1 aliphatic heterocycles. The summed E-state index contributed by atoms with van der Waals surface area (Å²) in [6.45, 7) is 7.37. The first-order valence-electron chi connectivity index (χ1n) is 7.82. The van der Waals surface area contributed by atoms with Crippen molar-refractivity contribution in [2.24, 2.45) is 0 Å². The molecule has 3 rings (SSSR count). The van der Waals surface area contributed by atoms with Crippen LogP contribution in [0.3, 0.4) is 0 Å². The molecule has 0 spiro atoms. The van der Waals surface area contributed by atoms with Gasteiger partial charge in [0, 0.05) is 25.7 Å². The quantitative estimate of drug-likeness (QED) is 0.918. The van der Waals surface area contributed by atoms with E-state index in [0.29, 0.717) is 19.2 Å². The first kappa shape index (κ1) is 14.5. The lowest BCUT2D eigenvalue weighted by atomic mass is 10.0. The topological polar surface area (TPSA) is 41.6 Å². The maximum Gasteiger partial charge on any atom is 0.250 e. The van der Waals surface area contributed by atoms with E-state index in [9.17, 15) is 4.79 Å². The van der Waals surface area contributed by atoms with Gasteiger partial charge in [-0.3, -0.25) is 9.69 Å². The minimum atomic E-state index is -0.315. The maximum atomic E-state index is 12.1. The van der Waals surface area contributed by atoms with Gasteiger partial charge in [-0.25, -0.2) is 0 Å². The first-order chi connectivity index (χ1) is 10.1. The molecule has 1 amide bonds. The molecule has 1 aliphatic carbocycles. The summed E-state index contributed by atoms with van der Waals surface area (Å²) in [6, 6.07) is 6.95. The second-order valence-corrected chi connectivity index (χ2v) is 6.31. The van der Waals surface area contributed by atoms with Gasteiger partial charge >= 0.3 is 0 Å². The highest BCUT2D eigenvalue weighted by Gasteiger charge is 2.31. The molecule has 1 heterocycles. The van der Waals surface area contributed by atoms with Crippen molar-refractivity contribution in [2.75, 3.05) is 19.7 Å². The van der Waals surface area contributed by atoms with Crippen LogP contribution < -0.4 is 5.32 Å². The molecule has 1 N–H and O–H groups in total. The third-order valence-corrected chi connectivity index (χ3v) is 4.27. The number of aryl methyl sites for hydroxylation is 2. The molecule has 1 aromatic carbocycles. The number of morpholine rings is 1. The molecule has 0 bridgehead atoms. The fraction of sp³-hybridized carbons (Fsp3) is 0.588. The van der Waals surface area contributed by atoms with Gasteiger partial charge in [-0.2, -0.15) is 0 Å². The number of nitrogens with zero attached hydrogens (tertiary/aromatic N) is 1. The molecule has 2 fully saturated rings. The summed E-state index contributed by atoms with van der Waals surface area (Å²) in [5.74, 6) is 0.0585. The van der Waals surface area contributed by atoms with Crippen LogP contribution in [-0.2, 0) is 16.1 Å². The van der Waals surface area contributed by atoms with E-state index in [4.69, 9.17) is 4.74 Å². The second-order valence-electron chi connectivity index (χ2n) is 6.31. The standard InChI is InChI=1S/C17H24N2O2/c1-12-3-4-13(2)14(9-12)10-19-7-8-21-16(11-19)17(20)18-15-5-6-15/h3-4,9,15-16H,5-8,10-11H2,1-2H3,(H,18,20). The average Bonchev–Trinajstić information content (AvgIpc) is 3.27. The lowest BCUT2D eigenvalue weighted by molar-refractivity contribution is -0.138. The summed E-state index contributed by atoms with van der Waals surface area (Å²) in [7, 11) is 0. The van der Waals surface area contributed by atoms with Crippen molar-refractivity contribution in [1.82, 2.24) is 10.2 Å². The molecule has 114 valence electrons. The minimum Gasteiger partial charge on any atom is -0.366 e. The van der Waals surface area contributed by atoms with Crippen LogP contribution >= 0.6 is 0 Å². The largest absolute Gasteiger partial charge is 0.366 e. The van der Waals surface area contributed by atoms with Crippen LogP contribution in [-0.4, -0.2) is 42.6 Å². The van der Waals surface area contributed by atoms with Gasteiger partial charge in [0.1, 0.15) is 6.10 Å². The molecule has 1 saturated carbocycles. The van der Waals surface area contributed by atoms with Crippen LogP contribution in [0.25, 0.3) is 0 Å². The molecule has 2 aliphatic rings. The Morgan fingerprint density at radius 1 is 1.38 bits per heavy atom. The number of nitrogens with one attached hydrogen (secondary N) is 1. The third-order valence-electron chi connectivity index (χ3n) is 4.27. The predicted octanol–water partition coefficient (Wildman–Crippen LogP) is 1.78. The summed E-state index contributed by atoms with van der Waals surface area (Å²) in [4.78, 5) is 14.4. The highest BCUT2D eigenvalue weighted by atomic mass is 16.5. The van der Waals surface area contributed by atoms with E-state index < -0.39 is 0 Å². The van der Waals surface area contributed by atoms with Crippen molar-refractivity contribution in [3.05, 3.63) is 34.9 Å². The number of carbonyl (C=O) groups excluding carboxylic acids is 1. The molecule has 21 heavy (non-hydrogen) atoms. The molecule has 1 aromatic rings. The highest BCUT2D eigenvalue weighted by Crippen LogP contribution is 2.20. The van der Waals surface area contributed by atoms with E-state index in [1.54, 1.807) is 0 Å². The van der Waals surface area contributed by atoms with Crippen molar-refractivity contribution in [1.29, 1.82) is 0 Å². The van der Waals surface area contributed by atoms with Gasteiger partial charge in [0.2, 0.25) is 0 Å². The number of amides is 1. The summed E-state index contributed by atoms with van der Waals surface area (Å²) in [5, 5.41) is 3.04. The van der Waals surface area contributed by atoms with Crippen LogP contribution in [0, 0.1) is 13.8 Å². The smallest absolute Gasteiger partial charge is 0.250 e. The van der Waals surface area contributed by atoms with Crippen LogP contribution in [0.5, 0.6) is 0 Å². The molecule has 1 unspecified atom stereocenters. The van der Waals surface area contributed by atoms with Gasteiger partial charge in [0.15, 0.2) is 0 Å². The van der Waals surface area contributed by atoms with Gasteiger partial charge in [-0.05, 0) is 37.8 Å². The monoisotopic (exact) mass is 288 g/mol. The fourth-order valence-corrected chi connectivity index (χ4v) is 2.74. The van der Waals surface area contributed by atoms with Gasteiger partial charge in [-0.15, -0.1) is 0 Å². The van der Waals surface area contributed by atoms with Gasteiger partial charge in [-0.1, -0.05) is 23.8 Å². The zero-order valence-corrected chi connectivity index (χ0v) is 12.9. The molecule has 0 radical (unpaired) electrons. The summed E-state index contributed by atoms with van der Waals surface area (Å²) >= 11 is 0. The van der Waals surface area contributed by atoms with Crippen molar-refractivity contribution < 1.29 is 9.53 Å². The Balaban J connectivity index is 1.60. The summed E-state index contributed by atoms with van der Waals surface area (Å²) in [6.07, 6.45) is 1.92. The van der Waals surface area contributed by atoms with Crippen LogP contribution in [0.1, 0.15) is 29.5 Å². The van der Waals surface area contributed by atoms with E-state index >= 15 is 0 Å². The maximum absolute atomic E-state index is 12.1. The Kier molecular flexibility index (Phi) is 4.27. The van der Waals surface area contributed by atoms with Gasteiger partial charge < -0.3 is 10.1 Å². The van der Waals surface area contributed by atoms with Crippen molar-refractivity contribution in [3.8, 4) is 0 Å². The zero-order chi connectivity index (χ0) is 14.8. The van der Waals surface area contributed by atoms with Crippen LogP contribution in [0.4, 0.5) is 0 Å². The van der Waals surface area contributed by atoms with E-state index in [-0.39, 0.29) is 12.0 Å². The molecule has 4 heteroatoms. The van der Waals surface area contributed by atoms with Crippen LogP contribution in [0.2, 0.25) is 0 Å². The van der Waals surface area contributed by atoms with Crippen molar-refractivity contribution in [3.63, 3.8) is 0 Å². The first-order valence-corrected chi connectivity index (χ1v) is 7.82. The highest BCUT2D eigenvalue weighted by molar-refractivity contribution is 5.81. The zero-order valence-electron chi connectivity index (χ0n) is 12.9. The second kappa shape index (κ2) is 6.16. The molecular weight excluding hydrogens is 264 g/mol. The van der Waals surface area contributed by atoms with Crippen molar-refractivity contribution >= 4 is 5.91 Å². The minimum absolute atomic E-state index is 0.0585. The molecule has 0 aromatic heterocycles. The van der Waals surface area contributed by atoms with Gasteiger partial charge in [0.05, 0.1) is 6.61 Å². The SMILES string of the molecule is Cc1ccc(C)c(CN2CCOC(C(=O)NC3CC3)C2)c1. The number of hydrogen-bond donors (Lipinski definition) is 1. The third kappa shape index (κ3) is 3.83. The number of hydrogen-bond acceptors (Lipinski definition) is 3. The number of rotatable bonds is 4. The summed E-state index contributed by atoms with van der Waals surface area (Å²) in [5.41, 5.74) is 3.94. The lowest BCUT2D eigenvalue weighted by Gasteiger charge is -2.32. The Morgan fingerprint density at radius 3 is 2.95 bits per heavy atom. The number of benzene rings is 1. The van der Waals surface area contributed by atoms with E-state index in [0.717, 1.165) is 25.9 Å². The fourth-order valence-electron chi connectivity index (χ4n) is 2.74. The summed E-state index contributed by atoms with van der Waals surface area (Å²) < 4.78 is 5.64. The molecule has 1 saturated heterocycles. The van der Waals surface area contributed by atoms with Gasteiger partial charge in [0.25, 0.3) is 5.91 Å². The number of ether oxygens (including phenoxy) is 1. The van der Waals surface area contributed by atoms with Crippen molar-refractivity contribution in [2.45, 2.75) is 45.4 Å². The lowest BCUT2D eigenvalue weighted by Crippen LogP contribution is -2.49. The predicted molar refractivity (Wildman–Crippen MR) is 82.1 cm³/mol. The van der Waals surface area contributed by atoms with Crippen LogP contribution in [0.15, 0.2) is 18.2 Å². The Labute approximate surface area is 126 Å². The van der Waals surface area contributed by atoms with E-state index in [1.807, 2.05) is 0 Å². The normalized spacial score (nSPS) is 23.0. The number of carbonyl (C=O) groups is 1. The Hall–Kier alpha value is -1.39. The Bertz CT molecular complexity index is 526. The van der Waals surface area contributed by atoms with E-state index in [2.05, 4.69) is 42.3 Å². The molecular formula is C17H24N2O2. The molecule has 4 nitrogen and oxygen atoms in total. The Morgan fingerprint density at radius 2 is 2.19 bits per heavy atom. The molecule has 1 atom stereocenters. The van der Waals surface area contributed by atoms with E-state index in [1.165, 1.54) is 16.7 Å². The average molecular weight is 288 g/mol.